The van der Waals surface area contributed by atoms with Gasteiger partial charge in [-0.25, -0.2) is 0 Å². The van der Waals surface area contributed by atoms with E-state index in [1.165, 1.54) is 43.2 Å². The van der Waals surface area contributed by atoms with Crippen LogP contribution in [-0.2, 0) is 0 Å². The van der Waals surface area contributed by atoms with Crippen LogP contribution in [0.2, 0.25) is 0 Å². The number of hydrogen-bond donors (Lipinski definition) is 1. The first-order valence-electron chi connectivity index (χ1n) is 10.2. The van der Waals surface area contributed by atoms with Crippen LogP contribution >= 0.6 is 0 Å². The average molecular weight is 330 g/mol. The summed E-state index contributed by atoms with van der Waals surface area (Å²) in [6.07, 6.45) is 6.75. The van der Waals surface area contributed by atoms with Gasteiger partial charge in [-0.1, -0.05) is 72.2 Å². The van der Waals surface area contributed by atoms with E-state index < -0.39 is 0 Å². The molecule has 0 amide bonds. The summed E-state index contributed by atoms with van der Waals surface area (Å²) >= 11 is 0. The highest BCUT2D eigenvalue weighted by molar-refractivity contribution is 5.28. The lowest BCUT2D eigenvalue weighted by Gasteiger charge is -2.37. The van der Waals surface area contributed by atoms with Crippen LogP contribution in [0.5, 0.6) is 0 Å². The standard InChI is InChI=1S/C23H39N/c1-16(2)20-9-7-10-21(15-20)18(5)13-14-19(6)23-12-8-11-22(24-23)17(3)4/h7,9-10,15-19,22-24H,8,11-14H2,1-6H3/t18?,19?,22?,23-/m1/s1. The quantitative estimate of drug-likeness (QED) is 0.602. The maximum Gasteiger partial charge on any atom is 0.00954 e. The van der Waals surface area contributed by atoms with Crippen molar-refractivity contribution in [2.24, 2.45) is 11.8 Å². The van der Waals surface area contributed by atoms with Gasteiger partial charge < -0.3 is 5.32 Å². The third-order valence-electron chi connectivity index (χ3n) is 6.15. The molecule has 0 aliphatic carbocycles. The summed E-state index contributed by atoms with van der Waals surface area (Å²) in [5.74, 6) is 2.83. The van der Waals surface area contributed by atoms with Crippen molar-refractivity contribution in [1.29, 1.82) is 0 Å². The van der Waals surface area contributed by atoms with E-state index in [-0.39, 0.29) is 0 Å². The molecule has 24 heavy (non-hydrogen) atoms. The maximum atomic E-state index is 3.94. The van der Waals surface area contributed by atoms with Crippen molar-refractivity contribution in [3.05, 3.63) is 35.4 Å². The van der Waals surface area contributed by atoms with Crippen molar-refractivity contribution in [2.45, 2.75) is 97.6 Å². The lowest BCUT2D eigenvalue weighted by Crippen LogP contribution is -2.47. The van der Waals surface area contributed by atoms with Crippen molar-refractivity contribution < 1.29 is 0 Å². The third kappa shape index (κ3) is 5.34. The summed E-state index contributed by atoms with van der Waals surface area (Å²) < 4.78 is 0. The van der Waals surface area contributed by atoms with Gasteiger partial charge in [-0.05, 0) is 60.5 Å². The molecule has 136 valence electrons. The molecule has 1 aliphatic rings. The van der Waals surface area contributed by atoms with Crippen LogP contribution < -0.4 is 5.32 Å². The maximum absolute atomic E-state index is 3.94. The first-order valence-corrected chi connectivity index (χ1v) is 10.2. The number of piperidine rings is 1. The zero-order valence-electron chi connectivity index (χ0n) is 16.8. The molecular weight excluding hydrogens is 290 g/mol. The van der Waals surface area contributed by atoms with Crippen LogP contribution in [0.4, 0.5) is 0 Å². The summed E-state index contributed by atoms with van der Waals surface area (Å²) in [4.78, 5) is 0. The second-order valence-electron chi connectivity index (χ2n) is 8.84. The number of hydrogen-bond acceptors (Lipinski definition) is 1. The molecule has 1 heteroatoms. The van der Waals surface area contributed by atoms with Crippen molar-refractivity contribution >= 4 is 0 Å². The van der Waals surface area contributed by atoms with Gasteiger partial charge in [0.05, 0.1) is 0 Å². The van der Waals surface area contributed by atoms with E-state index in [4.69, 9.17) is 0 Å². The van der Waals surface area contributed by atoms with Gasteiger partial charge in [-0.3, -0.25) is 0 Å². The van der Waals surface area contributed by atoms with E-state index in [0.29, 0.717) is 11.8 Å². The predicted molar refractivity (Wildman–Crippen MR) is 107 cm³/mol. The van der Waals surface area contributed by atoms with Crippen LogP contribution in [0.15, 0.2) is 24.3 Å². The van der Waals surface area contributed by atoms with E-state index in [2.05, 4.69) is 71.1 Å². The molecule has 0 spiro atoms. The fraction of sp³-hybridized carbons (Fsp3) is 0.739. The van der Waals surface area contributed by atoms with Gasteiger partial charge in [0, 0.05) is 12.1 Å². The first kappa shape index (κ1) is 19.5. The van der Waals surface area contributed by atoms with Gasteiger partial charge in [-0.15, -0.1) is 0 Å². The number of rotatable bonds is 7. The zero-order valence-corrected chi connectivity index (χ0v) is 16.8. The van der Waals surface area contributed by atoms with Crippen molar-refractivity contribution in [2.75, 3.05) is 0 Å². The minimum atomic E-state index is 0.621. The molecule has 1 aromatic carbocycles. The Morgan fingerprint density at radius 2 is 1.58 bits per heavy atom. The monoisotopic (exact) mass is 329 g/mol. The summed E-state index contributed by atoms with van der Waals surface area (Å²) in [6, 6.07) is 10.7. The lowest BCUT2D eigenvalue weighted by molar-refractivity contribution is 0.214. The molecule has 1 aliphatic heterocycles. The Labute approximate surface area is 150 Å². The van der Waals surface area contributed by atoms with Crippen LogP contribution in [0.3, 0.4) is 0 Å². The molecule has 1 N–H and O–H groups in total. The highest BCUT2D eigenvalue weighted by Crippen LogP contribution is 2.29. The van der Waals surface area contributed by atoms with Crippen molar-refractivity contribution in [3.63, 3.8) is 0 Å². The molecule has 1 fully saturated rings. The molecule has 1 heterocycles. The summed E-state index contributed by atoms with van der Waals surface area (Å²) in [7, 11) is 0. The molecule has 0 radical (unpaired) electrons. The van der Waals surface area contributed by atoms with Gasteiger partial charge in [0.2, 0.25) is 0 Å². The van der Waals surface area contributed by atoms with Crippen LogP contribution in [0, 0.1) is 11.8 Å². The highest BCUT2D eigenvalue weighted by Gasteiger charge is 2.26. The normalized spacial score (nSPS) is 24.3. The fourth-order valence-corrected chi connectivity index (χ4v) is 4.08. The molecule has 0 bridgehead atoms. The number of benzene rings is 1. The van der Waals surface area contributed by atoms with E-state index in [1.807, 2.05) is 0 Å². The first-order chi connectivity index (χ1) is 11.4. The average Bonchev–Trinajstić information content (AvgIpc) is 2.59. The van der Waals surface area contributed by atoms with Crippen molar-refractivity contribution in [3.8, 4) is 0 Å². The topological polar surface area (TPSA) is 12.0 Å². The molecule has 0 saturated carbocycles. The SMILES string of the molecule is CC(C)c1cccc(C(C)CCC(C)[C@H]2CCCC(C(C)C)N2)c1. The largest absolute Gasteiger partial charge is 0.311 e. The molecule has 3 unspecified atom stereocenters. The van der Waals surface area contributed by atoms with E-state index in [1.54, 1.807) is 0 Å². The van der Waals surface area contributed by atoms with Gasteiger partial charge in [0.25, 0.3) is 0 Å². The van der Waals surface area contributed by atoms with Gasteiger partial charge in [0.1, 0.15) is 0 Å². The molecule has 4 atom stereocenters. The molecule has 2 rings (SSSR count). The third-order valence-corrected chi connectivity index (χ3v) is 6.15. The molecule has 0 aromatic heterocycles. The Morgan fingerprint density at radius 3 is 2.25 bits per heavy atom. The van der Waals surface area contributed by atoms with E-state index in [9.17, 15) is 0 Å². The van der Waals surface area contributed by atoms with Gasteiger partial charge >= 0.3 is 0 Å². The van der Waals surface area contributed by atoms with Crippen LogP contribution in [-0.4, -0.2) is 12.1 Å². The zero-order chi connectivity index (χ0) is 17.7. The second kappa shape index (κ2) is 9.04. The predicted octanol–water partition coefficient (Wildman–Crippen LogP) is 6.50. The molecule has 1 nitrogen and oxygen atoms in total. The Balaban J connectivity index is 1.86. The number of nitrogens with one attached hydrogen (secondary N) is 1. The minimum absolute atomic E-state index is 0.621. The summed E-state index contributed by atoms with van der Waals surface area (Å²) in [5, 5.41) is 3.94. The summed E-state index contributed by atoms with van der Waals surface area (Å²) in [6.45, 7) is 14.1. The van der Waals surface area contributed by atoms with E-state index >= 15 is 0 Å². The molecular formula is C23H39N. The Hall–Kier alpha value is -0.820. The van der Waals surface area contributed by atoms with Gasteiger partial charge in [-0.2, -0.15) is 0 Å². The lowest BCUT2D eigenvalue weighted by atomic mass is 9.83. The highest BCUT2D eigenvalue weighted by atomic mass is 15.0. The Kier molecular flexibility index (Phi) is 7.34. The molecule has 1 aromatic rings. The van der Waals surface area contributed by atoms with E-state index in [0.717, 1.165) is 23.9 Å². The smallest absolute Gasteiger partial charge is 0.00954 e. The Bertz CT molecular complexity index is 491. The second-order valence-corrected chi connectivity index (χ2v) is 8.84. The van der Waals surface area contributed by atoms with Crippen molar-refractivity contribution in [1.82, 2.24) is 5.32 Å². The van der Waals surface area contributed by atoms with Crippen LogP contribution in [0.25, 0.3) is 0 Å². The summed E-state index contributed by atoms with van der Waals surface area (Å²) in [5.41, 5.74) is 2.99. The Morgan fingerprint density at radius 1 is 0.917 bits per heavy atom. The molecule has 1 saturated heterocycles. The van der Waals surface area contributed by atoms with Gasteiger partial charge in [0.15, 0.2) is 0 Å². The fourth-order valence-electron chi connectivity index (χ4n) is 4.08. The van der Waals surface area contributed by atoms with Crippen LogP contribution in [0.1, 0.15) is 96.6 Å². The minimum Gasteiger partial charge on any atom is -0.311 e.